The van der Waals surface area contributed by atoms with Crippen LogP contribution in [0.15, 0.2) is 23.6 Å². The first kappa shape index (κ1) is 8.72. The lowest BCUT2D eigenvalue weighted by Crippen LogP contribution is -2.17. The molecule has 0 aliphatic heterocycles. The molecule has 3 rings (SSSR count). The Bertz CT molecular complexity index is 499. The minimum atomic E-state index is -0.0526. The molecule has 0 saturated heterocycles. The number of hydrogen-bond donors (Lipinski definition) is 1. The summed E-state index contributed by atoms with van der Waals surface area (Å²) in [5.41, 5.74) is 7.42. The quantitative estimate of drug-likeness (QED) is 0.787. The molecule has 1 heterocycles. The number of fused-ring (bicyclic) bond motifs is 1. The van der Waals surface area contributed by atoms with E-state index in [1.807, 2.05) is 12.1 Å². The lowest BCUT2D eigenvalue weighted by atomic mass is 10.1. The van der Waals surface area contributed by atoms with Gasteiger partial charge in [0.25, 0.3) is 0 Å². The molecule has 1 saturated carbocycles. The van der Waals surface area contributed by atoms with E-state index in [-0.39, 0.29) is 5.54 Å². The molecule has 1 aromatic heterocycles. The van der Waals surface area contributed by atoms with Crippen LogP contribution in [0.25, 0.3) is 10.1 Å². The minimum absolute atomic E-state index is 0.0526. The molecule has 0 amide bonds. The fraction of sp³-hybridized carbons (Fsp3) is 0.273. The first-order chi connectivity index (χ1) is 6.69. The molecule has 0 spiro atoms. The van der Waals surface area contributed by atoms with Gasteiger partial charge in [0.2, 0.25) is 0 Å². The Morgan fingerprint density at radius 2 is 2.14 bits per heavy atom. The third-order valence-electron chi connectivity index (χ3n) is 2.86. The number of rotatable bonds is 1. The van der Waals surface area contributed by atoms with Crippen molar-refractivity contribution in [2.75, 3.05) is 0 Å². The summed E-state index contributed by atoms with van der Waals surface area (Å²) in [6, 6.07) is 6.02. The second-order valence-corrected chi connectivity index (χ2v) is 5.29. The first-order valence-electron chi connectivity index (χ1n) is 4.65. The Hall–Kier alpha value is -0.570. The second-order valence-electron chi connectivity index (χ2n) is 3.95. The molecule has 1 nitrogen and oxygen atoms in total. The highest BCUT2D eigenvalue weighted by atomic mass is 35.5. The summed E-state index contributed by atoms with van der Waals surface area (Å²) in [4.78, 5) is 0. The van der Waals surface area contributed by atoms with Gasteiger partial charge in [0, 0.05) is 15.3 Å². The summed E-state index contributed by atoms with van der Waals surface area (Å²) in [6.45, 7) is 0. The van der Waals surface area contributed by atoms with E-state index in [0.29, 0.717) is 0 Å². The monoisotopic (exact) mass is 223 g/mol. The zero-order chi connectivity index (χ0) is 9.76. The van der Waals surface area contributed by atoms with Crippen LogP contribution in [0.4, 0.5) is 0 Å². The van der Waals surface area contributed by atoms with Crippen LogP contribution in [-0.2, 0) is 5.54 Å². The summed E-state index contributed by atoms with van der Waals surface area (Å²) in [6.07, 6.45) is 2.21. The van der Waals surface area contributed by atoms with Crippen molar-refractivity contribution in [1.29, 1.82) is 0 Å². The number of hydrogen-bond acceptors (Lipinski definition) is 2. The zero-order valence-electron chi connectivity index (χ0n) is 7.59. The topological polar surface area (TPSA) is 26.0 Å². The van der Waals surface area contributed by atoms with Gasteiger partial charge in [-0.3, -0.25) is 0 Å². The van der Waals surface area contributed by atoms with Crippen molar-refractivity contribution in [2.24, 2.45) is 5.73 Å². The molecule has 0 radical (unpaired) electrons. The van der Waals surface area contributed by atoms with Gasteiger partial charge < -0.3 is 5.73 Å². The number of thiophene rings is 1. The van der Waals surface area contributed by atoms with Gasteiger partial charge in [-0.2, -0.15) is 0 Å². The van der Waals surface area contributed by atoms with E-state index < -0.39 is 0 Å². The Morgan fingerprint density at radius 3 is 2.86 bits per heavy atom. The van der Waals surface area contributed by atoms with Crippen LogP contribution >= 0.6 is 22.9 Å². The predicted octanol–water partition coefficient (Wildman–Crippen LogP) is 3.50. The zero-order valence-corrected chi connectivity index (χ0v) is 9.16. The van der Waals surface area contributed by atoms with Crippen LogP contribution in [0.1, 0.15) is 18.4 Å². The van der Waals surface area contributed by atoms with Crippen LogP contribution < -0.4 is 5.73 Å². The standard InChI is InChI=1S/C11H10ClNS/c12-7-1-2-10-8(5-7)9(6-14-10)11(13)3-4-11/h1-2,5-6H,3-4,13H2. The summed E-state index contributed by atoms with van der Waals surface area (Å²) >= 11 is 7.73. The Kier molecular flexibility index (Phi) is 1.69. The van der Waals surface area contributed by atoms with E-state index in [1.54, 1.807) is 11.3 Å². The van der Waals surface area contributed by atoms with Crippen molar-refractivity contribution in [3.63, 3.8) is 0 Å². The van der Waals surface area contributed by atoms with Crippen LogP contribution in [0.5, 0.6) is 0 Å². The molecule has 72 valence electrons. The Morgan fingerprint density at radius 1 is 1.36 bits per heavy atom. The molecule has 2 N–H and O–H groups in total. The number of nitrogens with two attached hydrogens (primary N) is 1. The lowest BCUT2D eigenvalue weighted by Gasteiger charge is -2.06. The van der Waals surface area contributed by atoms with Gasteiger partial charge in [0.15, 0.2) is 0 Å². The fourth-order valence-electron chi connectivity index (χ4n) is 1.79. The van der Waals surface area contributed by atoms with E-state index >= 15 is 0 Å². The summed E-state index contributed by atoms with van der Waals surface area (Å²) in [5.74, 6) is 0. The molecule has 0 unspecified atom stereocenters. The Labute approximate surface area is 91.5 Å². The highest BCUT2D eigenvalue weighted by Gasteiger charge is 2.41. The van der Waals surface area contributed by atoms with E-state index in [9.17, 15) is 0 Å². The van der Waals surface area contributed by atoms with Crippen LogP contribution in [0.3, 0.4) is 0 Å². The van der Waals surface area contributed by atoms with Crippen LogP contribution in [0.2, 0.25) is 5.02 Å². The number of halogens is 1. The van der Waals surface area contributed by atoms with E-state index in [2.05, 4.69) is 11.4 Å². The largest absolute Gasteiger partial charge is 0.321 e. The number of benzene rings is 1. The molecule has 14 heavy (non-hydrogen) atoms. The van der Waals surface area contributed by atoms with Crippen molar-refractivity contribution in [1.82, 2.24) is 0 Å². The second kappa shape index (κ2) is 2.72. The summed E-state index contributed by atoms with van der Waals surface area (Å²) in [5, 5.41) is 4.21. The Balaban J connectivity index is 2.29. The van der Waals surface area contributed by atoms with Crippen molar-refractivity contribution < 1.29 is 0 Å². The van der Waals surface area contributed by atoms with Gasteiger partial charge in [-0.05, 0) is 47.4 Å². The van der Waals surface area contributed by atoms with Crippen molar-refractivity contribution >= 4 is 33.0 Å². The van der Waals surface area contributed by atoms with Gasteiger partial charge in [-0.15, -0.1) is 11.3 Å². The van der Waals surface area contributed by atoms with Gasteiger partial charge >= 0.3 is 0 Å². The van der Waals surface area contributed by atoms with Gasteiger partial charge in [0.05, 0.1) is 0 Å². The van der Waals surface area contributed by atoms with Crippen LogP contribution in [0, 0.1) is 0 Å². The van der Waals surface area contributed by atoms with Crippen molar-refractivity contribution in [3.8, 4) is 0 Å². The molecule has 2 aromatic rings. The molecule has 0 atom stereocenters. The van der Waals surface area contributed by atoms with Gasteiger partial charge in [-0.25, -0.2) is 0 Å². The molecule has 1 aliphatic carbocycles. The van der Waals surface area contributed by atoms with Crippen molar-refractivity contribution in [3.05, 3.63) is 34.2 Å². The summed E-state index contributed by atoms with van der Waals surface area (Å²) in [7, 11) is 0. The average Bonchev–Trinajstić information content (AvgIpc) is 2.77. The van der Waals surface area contributed by atoms with Crippen LogP contribution in [-0.4, -0.2) is 0 Å². The highest BCUT2D eigenvalue weighted by Crippen LogP contribution is 2.47. The molecule has 1 aromatic carbocycles. The smallest absolute Gasteiger partial charge is 0.0425 e. The third kappa shape index (κ3) is 1.18. The minimum Gasteiger partial charge on any atom is -0.321 e. The maximum absolute atomic E-state index is 6.19. The van der Waals surface area contributed by atoms with Gasteiger partial charge in [-0.1, -0.05) is 11.6 Å². The third-order valence-corrected chi connectivity index (χ3v) is 4.06. The van der Waals surface area contributed by atoms with E-state index in [1.165, 1.54) is 15.6 Å². The van der Waals surface area contributed by atoms with Gasteiger partial charge in [0.1, 0.15) is 0 Å². The SMILES string of the molecule is NC1(c2csc3ccc(Cl)cc23)CC1. The predicted molar refractivity (Wildman–Crippen MR) is 61.9 cm³/mol. The first-order valence-corrected chi connectivity index (χ1v) is 5.91. The summed E-state index contributed by atoms with van der Waals surface area (Å²) < 4.78 is 1.28. The lowest BCUT2D eigenvalue weighted by molar-refractivity contribution is 0.751. The normalized spacial score (nSPS) is 18.7. The molecule has 3 heteroatoms. The van der Waals surface area contributed by atoms with Crippen molar-refractivity contribution in [2.45, 2.75) is 18.4 Å². The molecule has 1 aliphatic rings. The van der Waals surface area contributed by atoms with E-state index in [4.69, 9.17) is 17.3 Å². The molecule has 0 bridgehead atoms. The molecular formula is C11H10ClNS. The highest BCUT2D eigenvalue weighted by molar-refractivity contribution is 7.17. The average molecular weight is 224 g/mol. The fourth-order valence-corrected chi connectivity index (χ4v) is 3.01. The molecular weight excluding hydrogens is 214 g/mol. The molecule has 1 fully saturated rings. The maximum atomic E-state index is 6.19. The van der Waals surface area contributed by atoms with E-state index in [0.717, 1.165) is 17.9 Å². The maximum Gasteiger partial charge on any atom is 0.0425 e.